The van der Waals surface area contributed by atoms with Gasteiger partial charge in [0.05, 0.1) is 0 Å². The van der Waals surface area contributed by atoms with Gasteiger partial charge in [-0.25, -0.2) is 0 Å². The fraction of sp³-hybridized carbons (Fsp3) is 1.00. The zero-order valence-electron chi connectivity index (χ0n) is 13.8. The maximum Gasteiger partial charge on any atom is 0.00501 e. The maximum absolute atomic E-state index is 3.62. The van der Waals surface area contributed by atoms with E-state index < -0.39 is 0 Å². The summed E-state index contributed by atoms with van der Waals surface area (Å²) in [6.45, 7) is 15.4. The zero-order chi connectivity index (χ0) is 14.1. The lowest BCUT2D eigenvalue weighted by molar-refractivity contribution is 0.135. The van der Waals surface area contributed by atoms with E-state index in [1.54, 1.807) is 0 Å². The van der Waals surface area contributed by atoms with Gasteiger partial charge in [-0.2, -0.15) is 0 Å². The van der Waals surface area contributed by atoms with Gasteiger partial charge in [-0.05, 0) is 37.3 Å². The molecule has 0 aliphatic heterocycles. The van der Waals surface area contributed by atoms with Crippen molar-refractivity contribution in [3.63, 3.8) is 0 Å². The summed E-state index contributed by atoms with van der Waals surface area (Å²) in [5, 5.41) is 3.62. The number of nitrogens with one attached hydrogen (secondary N) is 1. The van der Waals surface area contributed by atoms with Crippen molar-refractivity contribution in [2.24, 2.45) is 11.3 Å². The quantitative estimate of drug-likeness (QED) is 0.646. The third-order valence-corrected chi connectivity index (χ3v) is 5.09. The smallest absolute Gasteiger partial charge is 0.00501 e. The molecule has 0 saturated heterocycles. The highest BCUT2D eigenvalue weighted by Gasteiger charge is 2.34. The molecule has 2 heteroatoms. The Kier molecular flexibility index (Phi) is 8.01. The van der Waals surface area contributed by atoms with Gasteiger partial charge in [-0.15, -0.1) is 0 Å². The molecule has 0 atom stereocenters. The van der Waals surface area contributed by atoms with Crippen LogP contribution in [0, 0.1) is 11.3 Å². The van der Waals surface area contributed by atoms with E-state index in [1.807, 2.05) is 0 Å². The fourth-order valence-electron chi connectivity index (χ4n) is 3.60. The summed E-state index contributed by atoms with van der Waals surface area (Å²) in [6, 6.07) is 0. The van der Waals surface area contributed by atoms with Crippen molar-refractivity contribution in [1.29, 1.82) is 0 Å². The van der Waals surface area contributed by atoms with Gasteiger partial charge >= 0.3 is 0 Å². The predicted molar refractivity (Wildman–Crippen MR) is 85.6 cm³/mol. The summed E-state index contributed by atoms with van der Waals surface area (Å²) in [5.74, 6) is 0.887. The van der Waals surface area contributed by atoms with Gasteiger partial charge in [0.2, 0.25) is 0 Å². The normalized spacial score (nSPS) is 18.6. The van der Waals surface area contributed by atoms with Crippen molar-refractivity contribution in [1.82, 2.24) is 10.2 Å². The van der Waals surface area contributed by atoms with Gasteiger partial charge in [0.15, 0.2) is 0 Å². The molecule has 114 valence electrons. The van der Waals surface area contributed by atoms with Gasteiger partial charge in [-0.1, -0.05) is 53.4 Å². The molecule has 0 aromatic rings. The highest BCUT2D eigenvalue weighted by atomic mass is 15.1. The summed E-state index contributed by atoms with van der Waals surface area (Å²) < 4.78 is 0. The minimum absolute atomic E-state index is 0.568. The van der Waals surface area contributed by atoms with E-state index in [-0.39, 0.29) is 0 Å². The van der Waals surface area contributed by atoms with Crippen LogP contribution in [0.5, 0.6) is 0 Å². The monoisotopic (exact) mass is 268 g/mol. The number of rotatable bonds is 10. The molecule has 0 spiro atoms. The molecule has 1 rings (SSSR count). The van der Waals surface area contributed by atoms with E-state index in [0.29, 0.717) is 5.41 Å². The van der Waals surface area contributed by atoms with E-state index in [1.165, 1.54) is 64.7 Å². The number of hydrogen-bond acceptors (Lipinski definition) is 2. The largest absolute Gasteiger partial charge is 0.316 e. The second kappa shape index (κ2) is 8.97. The summed E-state index contributed by atoms with van der Waals surface area (Å²) >= 11 is 0. The minimum Gasteiger partial charge on any atom is -0.316 e. The average molecular weight is 268 g/mol. The number of hydrogen-bond donors (Lipinski definition) is 1. The van der Waals surface area contributed by atoms with Crippen LogP contribution in [0.1, 0.15) is 66.2 Å². The molecule has 0 radical (unpaired) electrons. The van der Waals surface area contributed by atoms with E-state index in [2.05, 4.69) is 37.9 Å². The first kappa shape index (κ1) is 17.0. The van der Waals surface area contributed by atoms with E-state index >= 15 is 0 Å². The first-order valence-electron chi connectivity index (χ1n) is 8.62. The van der Waals surface area contributed by atoms with Gasteiger partial charge in [0, 0.05) is 19.6 Å². The van der Waals surface area contributed by atoms with Crippen molar-refractivity contribution >= 4 is 0 Å². The first-order valence-corrected chi connectivity index (χ1v) is 8.62. The molecule has 2 nitrogen and oxygen atoms in total. The molecule has 0 aromatic heterocycles. The van der Waals surface area contributed by atoms with Gasteiger partial charge in [0.1, 0.15) is 0 Å². The molecule has 0 aromatic carbocycles. The van der Waals surface area contributed by atoms with Gasteiger partial charge in [-0.3, -0.25) is 0 Å². The van der Waals surface area contributed by atoms with Crippen molar-refractivity contribution in [2.75, 3.05) is 32.7 Å². The SMILES string of the molecule is CCNCC1(CN(CC)CC(CC)CC)CCCC1. The third kappa shape index (κ3) is 5.43. The maximum atomic E-state index is 3.62. The molecule has 0 amide bonds. The molecule has 0 heterocycles. The molecule has 1 aliphatic rings. The Bertz CT molecular complexity index is 217. The highest BCUT2D eigenvalue weighted by Crippen LogP contribution is 2.38. The predicted octanol–water partition coefficient (Wildman–Crippen LogP) is 3.91. The third-order valence-electron chi connectivity index (χ3n) is 5.09. The van der Waals surface area contributed by atoms with Gasteiger partial charge < -0.3 is 10.2 Å². The molecule has 19 heavy (non-hydrogen) atoms. The second-order valence-corrected chi connectivity index (χ2v) is 6.50. The Balaban J connectivity index is 2.54. The molecule has 1 N–H and O–H groups in total. The minimum atomic E-state index is 0.568. The molecule has 1 fully saturated rings. The lowest BCUT2D eigenvalue weighted by Gasteiger charge is -2.36. The van der Waals surface area contributed by atoms with Crippen LogP contribution in [-0.4, -0.2) is 37.6 Å². The van der Waals surface area contributed by atoms with Gasteiger partial charge in [0.25, 0.3) is 0 Å². The summed E-state index contributed by atoms with van der Waals surface area (Å²) in [6.07, 6.45) is 8.39. The van der Waals surface area contributed by atoms with Crippen molar-refractivity contribution in [3.05, 3.63) is 0 Å². The van der Waals surface area contributed by atoms with E-state index in [4.69, 9.17) is 0 Å². The highest BCUT2D eigenvalue weighted by molar-refractivity contribution is 4.89. The van der Waals surface area contributed by atoms with E-state index in [9.17, 15) is 0 Å². The Morgan fingerprint density at radius 2 is 1.68 bits per heavy atom. The van der Waals surface area contributed by atoms with Crippen LogP contribution in [0.4, 0.5) is 0 Å². The Hall–Kier alpha value is -0.0800. The molecule has 0 unspecified atom stereocenters. The molecular weight excluding hydrogens is 232 g/mol. The molecular formula is C17H36N2. The lowest BCUT2D eigenvalue weighted by atomic mass is 9.85. The first-order chi connectivity index (χ1) is 9.19. The van der Waals surface area contributed by atoms with Crippen LogP contribution in [0.3, 0.4) is 0 Å². The number of nitrogens with zero attached hydrogens (tertiary/aromatic N) is 1. The summed E-state index contributed by atoms with van der Waals surface area (Å²) in [5.41, 5.74) is 0.568. The Morgan fingerprint density at radius 3 is 2.16 bits per heavy atom. The Morgan fingerprint density at radius 1 is 1.05 bits per heavy atom. The molecule has 0 bridgehead atoms. The van der Waals surface area contributed by atoms with Crippen molar-refractivity contribution < 1.29 is 0 Å². The summed E-state index contributed by atoms with van der Waals surface area (Å²) in [4.78, 5) is 2.72. The standard InChI is InChI=1S/C17H36N2/c1-5-16(6-2)13-19(8-4)15-17(14-18-7-3)11-9-10-12-17/h16,18H,5-15H2,1-4H3. The van der Waals surface area contributed by atoms with Crippen molar-refractivity contribution in [3.8, 4) is 0 Å². The lowest BCUT2D eigenvalue weighted by Crippen LogP contribution is -2.44. The fourth-order valence-corrected chi connectivity index (χ4v) is 3.60. The van der Waals surface area contributed by atoms with Crippen LogP contribution in [0.2, 0.25) is 0 Å². The van der Waals surface area contributed by atoms with Crippen LogP contribution in [0.15, 0.2) is 0 Å². The molecule has 1 saturated carbocycles. The van der Waals surface area contributed by atoms with Crippen molar-refractivity contribution in [2.45, 2.75) is 66.2 Å². The van der Waals surface area contributed by atoms with Crippen LogP contribution in [0.25, 0.3) is 0 Å². The second-order valence-electron chi connectivity index (χ2n) is 6.50. The topological polar surface area (TPSA) is 15.3 Å². The Labute approximate surface area is 121 Å². The van der Waals surface area contributed by atoms with Crippen LogP contribution < -0.4 is 5.32 Å². The zero-order valence-corrected chi connectivity index (χ0v) is 13.8. The van der Waals surface area contributed by atoms with Crippen LogP contribution in [-0.2, 0) is 0 Å². The van der Waals surface area contributed by atoms with E-state index in [0.717, 1.165) is 12.5 Å². The summed E-state index contributed by atoms with van der Waals surface area (Å²) in [7, 11) is 0. The average Bonchev–Trinajstić information content (AvgIpc) is 2.90. The molecule has 1 aliphatic carbocycles. The van der Waals surface area contributed by atoms with Crippen LogP contribution >= 0.6 is 0 Å².